The molecule has 0 fully saturated rings. The lowest BCUT2D eigenvalue weighted by Crippen LogP contribution is -2.27. The second-order valence-electron chi connectivity index (χ2n) is 7.56. The summed E-state index contributed by atoms with van der Waals surface area (Å²) in [7, 11) is 1.60. The highest BCUT2D eigenvalue weighted by atomic mass is 32.1. The maximum atomic E-state index is 12.9. The lowest BCUT2D eigenvalue weighted by Gasteiger charge is -2.18. The number of aromatic nitrogens is 2. The zero-order valence-corrected chi connectivity index (χ0v) is 19.6. The van der Waals surface area contributed by atoms with Gasteiger partial charge >= 0.3 is 0 Å². The van der Waals surface area contributed by atoms with Crippen molar-refractivity contribution >= 4 is 17.2 Å². The van der Waals surface area contributed by atoms with Gasteiger partial charge in [-0.3, -0.25) is 14.8 Å². The van der Waals surface area contributed by atoms with E-state index in [1.165, 1.54) is 0 Å². The van der Waals surface area contributed by atoms with Crippen molar-refractivity contribution in [1.29, 1.82) is 0 Å². The molecule has 3 heterocycles. The van der Waals surface area contributed by atoms with Gasteiger partial charge in [0.2, 0.25) is 0 Å². The molecular formula is C26H25N3O3S. The number of benzene rings is 1. The fraction of sp³-hybridized carbons (Fsp3) is 0.192. The molecule has 1 N–H and O–H groups in total. The number of thiophene rings is 1. The Morgan fingerprint density at radius 1 is 1.09 bits per heavy atom. The van der Waals surface area contributed by atoms with Crippen LogP contribution in [0.1, 0.15) is 40.1 Å². The minimum absolute atomic E-state index is 0.165. The summed E-state index contributed by atoms with van der Waals surface area (Å²) in [6, 6.07) is 17.0. The lowest BCUT2D eigenvalue weighted by atomic mass is 10.1. The monoisotopic (exact) mass is 459 g/mol. The van der Waals surface area contributed by atoms with Crippen LogP contribution in [0.2, 0.25) is 0 Å². The first-order valence-corrected chi connectivity index (χ1v) is 11.4. The van der Waals surface area contributed by atoms with E-state index in [-0.39, 0.29) is 11.9 Å². The number of pyridine rings is 2. The Morgan fingerprint density at radius 3 is 2.61 bits per heavy atom. The molecule has 6 nitrogen and oxygen atoms in total. The highest BCUT2D eigenvalue weighted by Gasteiger charge is 2.17. The molecule has 0 aliphatic heterocycles. The van der Waals surface area contributed by atoms with E-state index < -0.39 is 0 Å². The number of carbonyl (C=O) groups is 1. The molecule has 168 valence electrons. The second-order valence-corrected chi connectivity index (χ2v) is 8.50. The van der Waals surface area contributed by atoms with E-state index in [1.54, 1.807) is 30.8 Å². The summed E-state index contributed by atoms with van der Waals surface area (Å²) in [5.41, 5.74) is 4.07. The molecule has 1 amide bonds. The van der Waals surface area contributed by atoms with Gasteiger partial charge in [0, 0.05) is 12.4 Å². The number of aryl methyl sites for hydroxylation is 1. The van der Waals surface area contributed by atoms with Gasteiger partial charge in [0.05, 0.1) is 35.0 Å². The molecule has 0 radical (unpaired) electrons. The maximum absolute atomic E-state index is 12.9. The van der Waals surface area contributed by atoms with E-state index in [0.29, 0.717) is 29.4 Å². The summed E-state index contributed by atoms with van der Waals surface area (Å²) in [6.45, 7) is 4.21. The van der Waals surface area contributed by atoms with Crippen LogP contribution in [0.5, 0.6) is 11.5 Å². The standard InChI is InChI=1S/C26H25N3O3S/c1-17(29-26(30)21-7-8-22(28-18(21)2)25-5-4-14-33-25)20-6-9-23(24(15-20)31-3)32-16-19-10-12-27-13-11-19/h4-15,17H,16H2,1-3H3,(H,29,30). The number of amides is 1. The Balaban J connectivity index is 1.44. The molecule has 0 aliphatic carbocycles. The van der Waals surface area contributed by atoms with Gasteiger partial charge in [-0.15, -0.1) is 11.3 Å². The summed E-state index contributed by atoms with van der Waals surface area (Å²) in [5, 5.41) is 5.07. The van der Waals surface area contributed by atoms with Crippen molar-refractivity contribution < 1.29 is 14.3 Å². The van der Waals surface area contributed by atoms with Gasteiger partial charge in [0.25, 0.3) is 5.91 Å². The summed E-state index contributed by atoms with van der Waals surface area (Å²) < 4.78 is 11.4. The van der Waals surface area contributed by atoms with E-state index in [0.717, 1.165) is 21.7 Å². The molecule has 0 saturated heterocycles. The molecule has 1 atom stereocenters. The third kappa shape index (κ3) is 5.38. The normalized spacial score (nSPS) is 11.6. The first-order valence-electron chi connectivity index (χ1n) is 10.6. The summed E-state index contributed by atoms with van der Waals surface area (Å²) in [5.74, 6) is 1.09. The van der Waals surface area contributed by atoms with Crippen molar-refractivity contribution in [3.63, 3.8) is 0 Å². The Labute approximate surface area is 197 Å². The van der Waals surface area contributed by atoms with E-state index in [1.807, 2.05) is 73.8 Å². The van der Waals surface area contributed by atoms with Crippen molar-refractivity contribution in [1.82, 2.24) is 15.3 Å². The van der Waals surface area contributed by atoms with Crippen LogP contribution in [-0.4, -0.2) is 23.0 Å². The zero-order valence-electron chi connectivity index (χ0n) is 18.7. The van der Waals surface area contributed by atoms with Gasteiger partial charge < -0.3 is 14.8 Å². The van der Waals surface area contributed by atoms with Gasteiger partial charge in [-0.1, -0.05) is 12.1 Å². The molecule has 33 heavy (non-hydrogen) atoms. The number of nitrogens with one attached hydrogen (secondary N) is 1. The molecule has 0 bridgehead atoms. The van der Waals surface area contributed by atoms with Crippen LogP contribution in [0.3, 0.4) is 0 Å². The molecule has 7 heteroatoms. The number of methoxy groups -OCH3 is 1. The summed E-state index contributed by atoms with van der Waals surface area (Å²) in [6.07, 6.45) is 3.46. The molecule has 3 aromatic heterocycles. The third-order valence-corrected chi connectivity index (χ3v) is 6.18. The third-order valence-electron chi connectivity index (χ3n) is 5.28. The second kappa shape index (κ2) is 10.3. The van der Waals surface area contributed by atoms with Crippen LogP contribution in [0.15, 0.2) is 72.4 Å². The number of ether oxygens (including phenoxy) is 2. The molecule has 0 saturated carbocycles. The highest BCUT2D eigenvalue weighted by Crippen LogP contribution is 2.31. The molecular weight excluding hydrogens is 434 g/mol. The Kier molecular flexibility index (Phi) is 7.00. The quantitative estimate of drug-likeness (QED) is 0.372. The molecule has 1 aromatic carbocycles. The van der Waals surface area contributed by atoms with Gasteiger partial charge in [-0.2, -0.15) is 0 Å². The van der Waals surface area contributed by atoms with Gasteiger partial charge in [-0.25, -0.2) is 0 Å². The van der Waals surface area contributed by atoms with Crippen LogP contribution >= 0.6 is 11.3 Å². The predicted molar refractivity (Wildman–Crippen MR) is 130 cm³/mol. The summed E-state index contributed by atoms with van der Waals surface area (Å²) >= 11 is 1.63. The Morgan fingerprint density at radius 2 is 1.91 bits per heavy atom. The van der Waals surface area contributed by atoms with Crippen molar-refractivity contribution in [2.75, 3.05) is 7.11 Å². The smallest absolute Gasteiger partial charge is 0.253 e. The minimum atomic E-state index is -0.225. The first kappa shape index (κ1) is 22.5. The number of rotatable bonds is 8. The van der Waals surface area contributed by atoms with Gasteiger partial charge in [0.15, 0.2) is 11.5 Å². The van der Waals surface area contributed by atoms with Crippen LogP contribution in [0, 0.1) is 6.92 Å². The fourth-order valence-corrected chi connectivity index (χ4v) is 4.13. The number of carbonyl (C=O) groups excluding carboxylic acids is 1. The van der Waals surface area contributed by atoms with Crippen LogP contribution in [0.25, 0.3) is 10.6 Å². The van der Waals surface area contributed by atoms with Crippen LogP contribution < -0.4 is 14.8 Å². The van der Waals surface area contributed by atoms with Gasteiger partial charge in [-0.05, 0) is 72.8 Å². The zero-order chi connectivity index (χ0) is 23.2. The molecule has 0 spiro atoms. The predicted octanol–water partition coefficient (Wildman–Crippen LogP) is 5.59. The fourth-order valence-electron chi connectivity index (χ4n) is 3.43. The minimum Gasteiger partial charge on any atom is -0.493 e. The Bertz CT molecular complexity index is 1230. The SMILES string of the molecule is COc1cc(C(C)NC(=O)c2ccc(-c3cccs3)nc2C)ccc1OCc1ccncc1. The van der Waals surface area contributed by atoms with E-state index in [9.17, 15) is 4.79 Å². The topological polar surface area (TPSA) is 73.3 Å². The first-order chi connectivity index (χ1) is 16.0. The largest absolute Gasteiger partial charge is 0.493 e. The van der Waals surface area contributed by atoms with Crippen molar-refractivity contribution in [2.24, 2.45) is 0 Å². The number of hydrogen-bond acceptors (Lipinski definition) is 6. The number of nitrogens with zero attached hydrogens (tertiary/aromatic N) is 2. The summed E-state index contributed by atoms with van der Waals surface area (Å²) in [4.78, 5) is 22.6. The maximum Gasteiger partial charge on any atom is 0.253 e. The van der Waals surface area contributed by atoms with Crippen LogP contribution in [0.4, 0.5) is 0 Å². The van der Waals surface area contributed by atoms with Crippen molar-refractivity contribution in [2.45, 2.75) is 26.5 Å². The van der Waals surface area contributed by atoms with E-state index in [4.69, 9.17) is 9.47 Å². The van der Waals surface area contributed by atoms with E-state index >= 15 is 0 Å². The van der Waals surface area contributed by atoms with Crippen molar-refractivity contribution in [3.8, 4) is 22.1 Å². The average Bonchev–Trinajstić information content (AvgIpc) is 3.38. The molecule has 0 aliphatic rings. The molecule has 4 rings (SSSR count). The Hall–Kier alpha value is -3.71. The van der Waals surface area contributed by atoms with E-state index in [2.05, 4.69) is 15.3 Å². The van der Waals surface area contributed by atoms with Crippen LogP contribution in [-0.2, 0) is 6.61 Å². The molecule has 1 unspecified atom stereocenters. The van der Waals surface area contributed by atoms with Crippen molar-refractivity contribution in [3.05, 3.63) is 94.8 Å². The average molecular weight is 460 g/mol. The number of hydrogen-bond donors (Lipinski definition) is 1. The molecule has 4 aromatic rings. The van der Waals surface area contributed by atoms with Gasteiger partial charge in [0.1, 0.15) is 6.61 Å². The highest BCUT2D eigenvalue weighted by molar-refractivity contribution is 7.13. The lowest BCUT2D eigenvalue weighted by molar-refractivity contribution is 0.0939.